The van der Waals surface area contributed by atoms with Crippen molar-refractivity contribution in [1.29, 1.82) is 0 Å². The third-order valence-electron chi connectivity index (χ3n) is 4.62. The van der Waals surface area contributed by atoms with E-state index in [2.05, 4.69) is 15.4 Å². The van der Waals surface area contributed by atoms with E-state index in [0.717, 1.165) is 31.6 Å². The van der Waals surface area contributed by atoms with E-state index in [4.69, 9.17) is 4.74 Å². The number of ether oxygens (including phenoxy) is 1. The van der Waals surface area contributed by atoms with Crippen molar-refractivity contribution in [3.05, 3.63) is 30.4 Å². The minimum atomic E-state index is 0.0880. The van der Waals surface area contributed by atoms with Gasteiger partial charge in [-0.2, -0.15) is 5.10 Å². The van der Waals surface area contributed by atoms with Gasteiger partial charge in [-0.3, -0.25) is 9.48 Å². The zero-order valence-corrected chi connectivity index (χ0v) is 12.9. The molecule has 4 heterocycles. The van der Waals surface area contributed by atoms with Crippen LogP contribution in [0.5, 0.6) is 0 Å². The SMILES string of the molecule is O=C(CCCn1cccn1)N1CC[C@H]2OCc3cnnn3[C@@H]2C1. The van der Waals surface area contributed by atoms with Crippen molar-refractivity contribution >= 4 is 5.91 Å². The van der Waals surface area contributed by atoms with Crippen molar-refractivity contribution in [1.82, 2.24) is 29.7 Å². The Morgan fingerprint density at radius 3 is 3.26 bits per heavy atom. The number of amides is 1. The normalized spacial score (nSPS) is 23.4. The minimum absolute atomic E-state index is 0.0880. The highest BCUT2D eigenvalue weighted by Crippen LogP contribution is 2.30. The fraction of sp³-hybridized carbons (Fsp3) is 0.600. The van der Waals surface area contributed by atoms with Gasteiger partial charge in [-0.25, -0.2) is 4.68 Å². The van der Waals surface area contributed by atoms with Gasteiger partial charge in [0.15, 0.2) is 0 Å². The van der Waals surface area contributed by atoms with Gasteiger partial charge < -0.3 is 9.64 Å². The van der Waals surface area contributed by atoms with E-state index >= 15 is 0 Å². The topological polar surface area (TPSA) is 78.1 Å². The van der Waals surface area contributed by atoms with Crippen molar-refractivity contribution in [2.24, 2.45) is 0 Å². The number of carbonyl (C=O) groups is 1. The van der Waals surface area contributed by atoms with Gasteiger partial charge in [0.05, 0.1) is 30.6 Å². The van der Waals surface area contributed by atoms with E-state index in [0.29, 0.717) is 19.6 Å². The number of hydrogen-bond donors (Lipinski definition) is 0. The van der Waals surface area contributed by atoms with Gasteiger partial charge in [-0.05, 0) is 18.9 Å². The first-order valence-electron chi connectivity index (χ1n) is 8.07. The van der Waals surface area contributed by atoms with Crippen LogP contribution in [-0.2, 0) is 22.7 Å². The smallest absolute Gasteiger partial charge is 0.222 e. The van der Waals surface area contributed by atoms with Gasteiger partial charge >= 0.3 is 0 Å². The molecule has 1 fully saturated rings. The van der Waals surface area contributed by atoms with Gasteiger partial charge in [0.25, 0.3) is 0 Å². The van der Waals surface area contributed by atoms with E-state index in [-0.39, 0.29) is 18.1 Å². The van der Waals surface area contributed by atoms with Crippen LogP contribution < -0.4 is 0 Å². The van der Waals surface area contributed by atoms with Crippen LogP contribution in [0.15, 0.2) is 24.7 Å². The quantitative estimate of drug-likeness (QED) is 0.826. The van der Waals surface area contributed by atoms with Crippen molar-refractivity contribution in [2.75, 3.05) is 13.1 Å². The summed E-state index contributed by atoms with van der Waals surface area (Å²) in [4.78, 5) is 14.4. The van der Waals surface area contributed by atoms with Crippen LogP contribution in [0.25, 0.3) is 0 Å². The molecule has 2 aliphatic rings. The maximum Gasteiger partial charge on any atom is 0.222 e. The van der Waals surface area contributed by atoms with E-state index < -0.39 is 0 Å². The molecule has 0 aromatic carbocycles. The summed E-state index contributed by atoms with van der Waals surface area (Å²) < 4.78 is 9.66. The van der Waals surface area contributed by atoms with Crippen molar-refractivity contribution < 1.29 is 9.53 Å². The molecular formula is C15H20N6O2. The van der Waals surface area contributed by atoms with Gasteiger partial charge in [-0.15, -0.1) is 5.10 Å². The monoisotopic (exact) mass is 316 g/mol. The number of carbonyl (C=O) groups excluding carboxylic acids is 1. The summed E-state index contributed by atoms with van der Waals surface area (Å²) in [5.41, 5.74) is 0.985. The van der Waals surface area contributed by atoms with Gasteiger partial charge in [0.1, 0.15) is 0 Å². The summed E-state index contributed by atoms with van der Waals surface area (Å²) in [6.07, 6.45) is 7.75. The molecule has 1 saturated heterocycles. The van der Waals surface area contributed by atoms with E-state index in [9.17, 15) is 4.79 Å². The molecule has 0 spiro atoms. The molecule has 0 radical (unpaired) electrons. The molecular weight excluding hydrogens is 296 g/mol. The van der Waals surface area contributed by atoms with E-state index in [1.54, 1.807) is 12.4 Å². The summed E-state index contributed by atoms with van der Waals surface area (Å²) in [5, 5.41) is 12.3. The Balaban J connectivity index is 1.35. The zero-order chi connectivity index (χ0) is 15.6. The Hall–Kier alpha value is -2.22. The van der Waals surface area contributed by atoms with Crippen molar-refractivity contribution in [3.8, 4) is 0 Å². The molecule has 8 nitrogen and oxygen atoms in total. The second-order valence-corrected chi connectivity index (χ2v) is 6.09. The fourth-order valence-corrected chi connectivity index (χ4v) is 3.39. The highest BCUT2D eigenvalue weighted by molar-refractivity contribution is 5.76. The number of likely N-dealkylation sites (tertiary alicyclic amines) is 1. The number of nitrogens with zero attached hydrogens (tertiary/aromatic N) is 6. The lowest BCUT2D eigenvalue weighted by molar-refractivity contribution is -0.138. The number of hydrogen-bond acceptors (Lipinski definition) is 5. The lowest BCUT2D eigenvalue weighted by Gasteiger charge is -2.41. The van der Waals surface area contributed by atoms with Gasteiger partial charge in [0, 0.05) is 38.4 Å². The van der Waals surface area contributed by atoms with Crippen LogP contribution >= 0.6 is 0 Å². The van der Waals surface area contributed by atoms with Crippen LogP contribution in [-0.4, -0.2) is 54.8 Å². The minimum Gasteiger partial charge on any atom is -0.370 e. The summed E-state index contributed by atoms with van der Waals surface area (Å²) in [5.74, 6) is 0.197. The van der Waals surface area contributed by atoms with Gasteiger partial charge in [0.2, 0.25) is 5.91 Å². The van der Waals surface area contributed by atoms with E-state index in [1.165, 1.54) is 0 Å². The van der Waals surface area contributed by atoms with Crippen LogP contribution in [0.3, 0.4) is 0 Å². The largest absolute Gasteiger partial charge is 0.370 e. The summed E-state index contributed by atoms with van der Waals surface area (Å²) in [7, 11) is 0. The average molecular weight is 316 g/mol. The van der Waals surface area contributed by atoms with Crippen molar-refractivity contribution in [3.63, 3.8) is 0 Å². The molecule has 1 amide bonds. The first-order valence-corrected chi connectivity index (χ1v) is 8.07. The van der Waals surface area contributed by atoms with Crippen molar-refractivity contribution in [2.45, 2.75) is 44.6 Å². The molecule has 2 aliphatic heterocycles. The summed E-state index contributed by atoms with van der Waals surface area (Å²) in [6, 6.07) is 1.98. The molecule has 2 atom stereocenters. The molecule has 2 aromatic heterocycles. The van der Waals surface area contributed by atoms with Crippen LogP contribution in [0, 0.1) is 0 Å². The Morgan fingerprint density at radius 1 is 1.43 bits per heavy atom. The first kappa shape index (κ1) is 14.4. The number of fused-ring (bicyclic) bond motifs is 3. The van der Waals surface area contributed by atoms with Crippen LogP contribution in [0.1, 0.15) is 31.0 Å². The highest BCUT2D eigenvalue weighted by Gasteiger charge is 2.37. The Kier molecular flexibility index (Phi) is 3.82. The molecule has 0 aliphatic carbocycles. The second kappa shape index (κ2) is 6.11. The average Bonchev–Trinajstić information content (AvgIpc) is 3.25. The third-order valence-corrected chi connectivity index (χ3v) is 4.62. The Labute approximate surface area is 134 Å². The standard InChI is InChI=1S/C15H20N6O2/c22-15(3-1-6-20-7-2-5-17-20)19-8-4-14-13(10-19)21-12(11-23-14)9-16-18-21/h2,5,7,9,13-14H,1,3-4,6,8,10-11H2/t13-,14-/m1/s1. The number of aryl methyl sites for hydroxylation is 1. The molecule has 4 rings (SSSR count). The molecule has 0 N–H and O–H groups in total. The Morgan fingerprint density at radius 2 is 2.39 bits per heavy atom. The molecule has 0 bridgehead atoms. The molecule has 2 aromatic rings. The summed E-state index contributed by atoms with van der Waals surface area (Å²) in [6.45, 7) is 2.74. The first-order chi connectivity index (χ1) is 11.3. The second-order valence-electron chi connectivity index (χ2n) is 6.09. The highest BCUT2D eigenvalue weighted by atomic mass is 16.5. The number of piperidine rings is 1. The molecule has 0 saturated carbocycles. The fourth-order valence-electron chi connectivity index (χ4n) is 3.39. The molecule has 0 unspecified atom stereocenters. The van der Waals surface area contributed by atoms with Crippen LogP contribution in [0.4, 0.5) is 0 Å². The molecule has 122 valence electrons. The lowest BCUT2D eigenvalue weighted by Crippen LogP contribution is -2.49. The zero-order valence-electron chi connectivity index (χ0n) is 12.9. The molecule has 23 heavy (non-hydrogen) atoms. The van der Waals surface area contributed by atoms with E-state index in [1.807, 2.05) is 26.5 Å². The summed E-state index contributed by atoms with van der Waals surface area (Å²) >= 11 is 0. The number of aromatic nitrogens is 5. The predicted octanol–water partition coefficient (Wildman–Crippen LogP) is 0.627. The Bertz CT molecular complexity index is 667. The third kappa shape index (κ3) is 2.86. The predicted molar refractivity (Wildman–Crippen MR) is 80.3 cm³/mol. The lowest BCUT2D eigenvalue weighted by atomic mass is 10.00. The van der Waals surface area contributed by atoms with Crippen LogP contribution in [0.2, 0.25) is 0 Å². The maximum absolute atomic E-state index is 12.5. The maximum atomic E-state index is 12.5. The number of rotatable bonds is 4. The molecule has 8 heteroatoms. The van der Waals surface area contributed by atoms with Gasteiger partial charge in [-0.1, -0.05) is 5.21 Å².